The van der Waals surface area contributed by atoms with Gasteiger partial charge in [0, 0.05) is 50.4 Å². The number of rotatable bonds is 12. The molecule has 0 unspecified atom stereocenters. The zero-order valence-electron chi connectivity index (χ0n) is 26.4. The Morgan fingerprint density at radius 2 is 1.70 bits per heavy atom. The number of pyridine rings is 1. The summed E-state index contributed by atoms with van der Waals surface area (Å²) in [6.07, 6.45) is -1.22. The molecule has 0 atom stereocenters. The minimum absolute atomic E-state index is 0.0410. The van der Waals surface area contributed by atoms with Crippen molar-refractivity contribution < 1.29 is 32.0 Å². The summed E-state index contributed by atoms with van der Waals surface area (Å²) in [7, 11) is 1.65. The van der Waals surface area contributed by atoms with Crippen molar-refractivity contribution in [1.29, 1.82) is 0 Å². The fraction of sp³-hybridized carbons (Fsp3) is 0.333. The van der Waals surface area contributed by atoms with Crippen molar-refractivity contribution in [2.75, 3.05) is 25.1 Å². The van der Waals surface area contributed by atoms with E-state index in [2.05, 4.69) is 20.7 Å². The Morgan fingerprint density at radius 3 is 2.36 bits per heavy atom. The van der Waals surface area contributed by atoms with Gasteiger partial charge >= 0.3 is 11.8 Å². The summed E-state index contributed by atoms with van der Waals surface area (Å²) in [4.78, 5) is 62.3. The molecule has 248 valence electrons. The van der Waals surface area contributed by atoms with Crippen molar-refractivity contribution in [2.45, 2.75) is 51.7 Å². The minimum atomic E-state index is -4.52. The molecule has 14 heteroatoms. The van der Waals surface area contributed by atoms with E-state index in [0.717, 1.165) is 36.4 Å². The number of fused-ring (bicyclic) bond motifs is 1. The zero-order valence-corrected chi connectivity index (χ0v) is 26.4. The van der Waals surface area contributed by atoms with Crippen molar-refractivity contribution >= 4 is 34.3 Å². The van der Waals surface area contributed by atoms with Crippen LogP contribution < -0.4 is 21.4 Å². The van der Waals surface area contributed by atoms with Gasteiger partial charge in [-0.25, -0.2) is 20.2 Å². The Bertz CT molecular complexity index is 1790. The summed E-state index contributed by atoms with van der Waals surface area (Å²) in [5.74, 6) is -1.37. The summed E-state index contributed by atoms with van der Waals surface area (Å²) in [5, 5.41) is 3.99. The molecule has 0 saturated heterocycles. The lowest BCUT2D eigenvalue weighted by atomic mass is 10.0. The van der Waals surface area contributed by atoms with Gasteiger partial charge in [-0.2, -0.15) is 13.2 Å². The van der Waals surface area contributed by atoms with Crippen LogP contribution in [0.2, 0.25) is 0 Å². The maximum atomic E-state index is 13.7. The number of likely N-dealkylation sites (N-methyl/N-ethyl adjacent to an activating group) is 1. The number of aryl methyl sites for hydroxylation is 1. The highest BCUT2D eigenvalue weighted by molar-refractivity contribution is 5.98. The van der Waals surface area contributed by atoms with Gasteiger partial charge in [0.2, 0.25) is 11.8 Å². The fourth-order valence-electron chi connectivity index (χ4n) is 4.94. The monoisotopic (exact) mass is 652 g/mol. The lowest BCUT2D eigenvalue weighted by Gasteiger charge is -2.36. The largest absolute Gasteiger partial charge is 0.416 e. The molecule has 11 nitrogen and oxygen atoms in total. The summed E-state index contributed by atoms with van der Waals surface area (Å²) in [6, 6.07) is 12.5. The molecule has 0 spiro atoms. The molecule has 4 aromatic rings. The third-order valence-electron chi connectivity index (χ3n) is 7.49. The van der Waals surface area contributed by atoms with E-state index in [1.807, 2.05) is 12.1 Å². The molecule has 2 heterocycles. The Morgan fingerprint density at radius 1 is 0.979 bits per heavy atom. The molecular formula is C33H35F3N6O5. The van der Waals surface area contributed by atoms with Gasteiger partial charge in [0.1, 0.15) is 5.54 Å². The van der Waals surface area contributed by atoms with Gasteiger partial charge in [-0.15, -0.1) is 0 Å². The molecule has 3 amide bonds. The van der Waals surface area contributed by atoms with Crippen molar-refractivity contribution in [3.63, 3.8) is 0 Å². The third kappa shape index (κ3) is 8.58. The summed E-state index contributed by atoms with van der Waals surface area (Å²) < 4.78 is 43.5. The van der Waals surface area contributed by atoms with E-state index in [1.165, 1.54) is 9.91 Å². The van der Waals surface area contributed by atoms with Crippen molar-refractivity contribution in [2.24, 2.45) is 0 Å². The number of halogens is 3. The minimum Gasteiger partial charge on any atom is -0.411 e. The standard InChI is InChI=1S/C33H35F3N6O5/c1-21-26(15-14-25-28(21)30(45)47-20-39-25)42(40-32(2,3)31(46)41(4)19-16-24-8-5-6-17-37-24)27(43)9-7-18-38-29(44)22-10-12-23(13-11-22)33(34,35)36/h5-6,8,10-15,17,20,40H,7,9,16,18-19H2,1-4H3,(H,38,44). The second kappa shape index (κ2) is 14.5. The maximum absolute atomic E-state index is 13.7. The predicted octanol–water partition coefficient (Wildman–Crippen LogP) is 4.44. The summed E-state index contributed by atoms with van der Waals surface area (Å²) in [6.45, 7) is 5.31. The zero-order chi connectivity index (χ0) is 34.4. The van der Waals surface area contributed by atoms with Crippen LogP contribution in [-0.4, -0.2) is 58.3 Å². The molecule has 2 N–H and O–H groups in total. The first-order valence-electron chi connectivity index (χ1n) is 14.8. The highest BCUT2D eigenvalue weighted by atomic mass is 19.4. The van der Waals surface area contributed by atoms with E-state index in [0.29, 0.717) is 29.7 Å². The Hall–Kier alpha value is -5.11. The second-order valence-electron chi connectivity index (χ2n) is 11.4. The van der Waals surface area contributed by atoms with Gasteiger partial charge in [0.05, 0.1) is 22.2 Å². The van der Waals surface area contributed by atoms with Crippen LogP contribution >= 0.6 is 0 Å². The number of benzene rings is 2. The van der Waals surface area contributed by atoms with E-state index in [1.54, 1.807) is 52.2 Å². The van der Waals surface area contributed by atoms with Crippen molar-refractivity contribution in [1.82, 2.24) is 25.6 Å². The van der Waals surface area contributed by atoms with E-state index in [4.69, 9.17) is 4.42 Å². The van der Waals surface area contributed by atoms with Gasteiger partial charge < -0.3 is 14.6 Å². The van der Waals surface area contributed by atoms with E-state index < -0.39 is 34.7 Å². The van der Waals surface area contributed by atoms with Crippen LogP contribution in [0.4, 0.5) is 18.9 Å². The van der Waals surface area contributed by atoms with Gasteiger partial charge in [-0.1, -0.05) is 6.07 Å². The highest BCUT2D eigenvalue weighted by Crippen LogP contribution is 2.29. The van der Waals surface area contributed by atoms with Crippen LogP contribution in [0.15, 0.2) is 76.4 Å². The quantitative estimate of drug-likeness (QED) is 0.169. The molecule has 2 aromatic heterocycles. The lowest BCUT2D eigenvalue weighted by Crippen LogP contribution is -2.61. The van der Waals surface area contributed by atoms with E-state index >= 15 is 0 Å². The van der Waals surface area contributed by atoms with Crippen LogP contribution in [0, 0.1) is 6.92 Å². The number of carbonyl (C=O) groups is 3. The Labute approximate surface area is 268 Å². The first-order chi connectivity index (χ1) is 22.2. The smallest absolute Gasteiger partial charge is 0.411 e. The Balaban J connectivity index is 1.49. The number of alkyl halides is 3. The number of nitrogens with zero attached hydrogens (tertiary/aromatic N) is 4. The van der Waals surface area contributed by atoms with Crippen LogP contribution in [0.5, 0.6) is 0 Å². The average Bonchev–Trinajstić information content (AvgIpc) is 3.04. The molecule has 0 aliphatic rings. The average molecular weight is 653 g/mol. The Kier molecular flexibility index (Phi) is 10.8. The fourth-order valence-corrected chi connectivity index (χ4v) is 4.94. The van der Waals surface area contributed by atoms with Crippen molar-refractivity contribution in [3.8, 4) is 0 Å². The number of amides is 3. The van der Waals surface area contributed by atoms with Crippen LogP contribution in [0.1, 0.15) is 53.9 Å². The molecule has 47 heavy (non-hydrogen) atoms. The van der Waals surface area contributed by atoms with Gasteiger partial charge in [0.15, 0.2) is 6.39 Å². The number of nitrogens with one attached hydrogen (secondary N) is 2. The van der Waals surface area contributed by atoms with Crippen LogP contribution in [0.3, 0.4) is 0 Å². The molecule has 0 aliphatic carbocycles. The van der Waals surface area contributed by atoms with E-state index in [9.17, 15) is 32.3 Å². The SMILES string of the molecule is Cc1c(N(NC(C)(C)C(=O)N(C)CCc2ccccn2)C(=O)CCCNC(=O)c2ccc(C(F)(F)F)cc2)ccc2ncoc(=O)c12. The number of hydrogen-bond donors (Lipinski definition) is 2. The lowest BCUT2D eigenvalue weighted by molar-refractivity contribution is -0.138. The van der Waals surface area contributed by atoms with E-state index in [-0.39, 0.29) is 36.2 Å². The van der Waals surface area contributed by atoms with Gasteiger partial charge in [0.25, 0.3) is 5.91 Å². The normalized spacial score (nSPS) is 11.7. The van der Waals surface area contributed by atoms with Crippen molar-refractivity contribution in [3.05, 3.63) is 100.0 Å². The summed E-state index contributed by atoms with van der Waals surface area (Å²) >= 11 is 0. The number of carbonyl (C=O) groups excluding carboxylic acids is 3. The highest BCUT2D eigenvalue weighted by Gasteiger charge is 2.35. The third-order valence-corrected chi connectivity index (χ3v) is 7.49. The molecule has 0 saturated carbocycles. The van der Waals surface area contributed by atoms with Crippen LogP contribution in [0.25, 0.3) is 10.9 Å². The molecule has 0 aliphatic heterocycles. The molecule has 0 fully saturated rings. The number of anilines is 1. The number of aromatic nitrogens is 2. The maximum Gasteiger partial charge on any atom is 0.416 e. The molecular weight excluding hydrogens is 617 g/mol. The predicted molar refractivity (Wildman–Crippen MR) is 168 cm³/mol. The van der Waals surface area contributed by atoms with Gasteiger partial charge in [-0.3, -0.25) is 19.4 Å². The molecule has 2 aromatic carbocycles. The van der Waals surface area contributed by atoms with Crippen LogP contribution in [-0.2, 0) is 22.2 Å². The molecule has 0 bridgehead atoms. The number of hydrogen-bond acceptors (Lipinski definition) is 8. The first kappa shape index (κ1) is 34.8. The topological polar surface area (TPSA) is 138 Å². The number of hydrazine groups is 1. The second-order valence-corrected chi connectivity index (χ2v) is 11.4. The summed E-state index contributed by atoms with van der Waals surface area (Å²) in [5.41, 5.74) is 2.16. The molecule has 0 radical (unpaired) electrons. The molecule has 4 rings (SSSR count). The van der Waals surface area contributed by atoms with Gasteiger partial charge in [-0.05, 0) is 81.3 Å². The first-order valence-corrected chi connectivity index (χ1v) is 14.8.